The van der Waals surface area contributed by atoms with Gasteiger partial charge in [-0.1, -0.05) is 50.6 Å². The monoisotopic (exact) mass is 208 g/mol. The molecular formula is C13H20O2. The average molecular weight is 208 g/mol. The molecule has 0 bridgehead atoms. The molecule has 1 unspecified atom stereocenters. The van der Waals surface area contributed by atoms with Crippen molar-refractivity contribution >= 4 is 5.97 Å². The van der Waals surface area contributed by atoms with E-state index in [2.05, 4.69) is 44.2 Å². The molecule has 0 aromatic heterocycles. The first-order chi connectivity index (χ1) is 7.07. The zero-order valence-electron chi connectivity index (χ0n) is 9.73. The lowest BCUT2D eigenvalue weighted by Crippen LogP contribution is -1.91. The van der Waals surface area contributed by atoms with E-state index in [0.29, 0.717) is 0 Å². The average Bonchev–Trinajstić information content (AvgIpc) is 2.19. The molecule has 0 heterocycles. The number of rotatable bonds is 3. The third-order valence-electron chi connectivity index (χ3n) is 2.09. The van der Waals surface area contributed by atoms with Gasteiger partial charge < -0.3 is 5.11 Å². The van der Waals surface area contributed by atoms with E-state index in [1.807, 2.05) is 0 Å². The fourth-order valence-corrected chi connectivity index (χ4v) is 1.38. The number of carboxylic acid groups (broad SMARTS) is 1. The Labute approximate surface area is 91.9 Å². The summed E-state index contributed by atoms with van der Waals surface area (Å²) in [7, 11) is 0. The van der Waals surface area contributed by atoms with Crippen LogP contribution in [0.1, 0.15) is 45.1 Å². The van der Waals surface area contributed by atoms with Gasteiger partial charge in [-0.3, -0.25) is 4.79 Å². The van der Waals surface area contributed by atoms with Crippen molar-refractivity contribution in [2.75, 3.05) is 0 Å². The second-order valence-corrected chi connectivity index (χ2v) is 3.62. The van der Waals surface area contributed by atoms with E-state index < -0.39 is 5.97 Å². The number of carboxylic acids is 1. The Morgan fingerprint density at radius 1 is 1.33 bits per heavy atom. The van der Waals surface area contributed by atoms with Crippen LogP contribution in [0, 0.1) is 0 Å². The number of carbonyl (C=O) groups is 1. The molecule has 1 rings (SSSR count). The van der Waals surface area contributed by atoms with Gasteiger partial charge in [0.2, 0.25) is 0 Å². The van der Waals surface area contributed by atoms with E-state index in [1.165, 1.54) is 18.4 Å². The maximum absolute atomic E-state index is 9.00. The van der Waals surface area contributed by atoms with Crippen molar-refractivity contribution in [3.63, 3.8) is 0 Å². The van der Waals surface area contributed by atoms with Crippen LogP contribution in [0.2, 0.25) is 0 Å². The van der Waals surface area contributed by atoms with Crippen LogP contribution >= 0.6 is 0 Å². The van der Waals surface area contributed by atoms with Gasteiger partial charge in [0, 0.05) is 6.92 Å². The maximum atomic E-state index is 9.00. The molecule has 1 atom stereocenters. The Morgan fingerprint density at radius 2 is 1.80 bits per heavy atom. The van der Waals surface area contributed by atoms with E-state index >= 15 is 0 Å². The van der Waals surface area contributed by atoms with Crippen molar-refractivity contribution in [3.8, 4) is 0 Å². The summed E-state index contributed by atoms with van der Waals surface area (Å²) in [5.41, 5.74) is 1.47. The van der Waals surface area contributed by atoms with Crippen LogP contribution in [0.25, 0.3) is 0 Å². The molecule has 0 aliphatic rings. The van der Waals surface area contributed by atoms with Crippen LogP contribution in [0.15, 0.2) is 30.3 Å². The van der Waals surface area contributed by atoms with Crippen molar-refractivity contribution in [1.82, 2.24) is 0 Å². The van der Waals surface area contributed by atoms with E-state index in [9.17, 15) is 0 Å². The van der Waals surface area contributed by atoms with Crippen LogP contribution in [-0.2, 0) is 4.79 Å². The van der Waals surface area contributed by atoms with Gasteiger partial charge in [0.25, 0.3) is 5.97 Å². The summed E-state index contributed by atoms with van der Waals surface area (Å²) in [5, 5.41) is 7.42. The molecule has 0 radical (unpaired) electrons. The summed E-state index contributed by atoms with van der Waals surface area (Å²) < 4.78 is 0. The summed E-state index contributed by atoms with van der Waals surface area (Å²) in [4.78, 5) is 9.00. The normalized spacial score (nSPS) is 11.1. The first-order valence-corrected chi connectivity index (χ1v) is 5.32. The molecule has 0 fully saturated rings. The highest BCUT2D eigenvalue weighted by Gasteiger charge is 2.01. The number of aliphatic carboxylic acids is 1. The van der Waals surface area contributed by atoms with Crippen LogP contribution in [0.5, 0.6) is 0 Å². The third-order valence-corrected chi connectivity index (χ3v) is 2.09. The van der Waals surface area contributed by atoms with E-state index in [1.54, 1.807) is 0 Å². The molecule has 0 amide bonds. The van der Waals surface area contributed by atoms with Gasteiger partial charge in [-0.05, 0) is 17.9 Å². The summed E-state index contributed by atoms with van der Waals surface area (Å²) in [6, 6.07) is 10.7. The Bertz CT molecular complexity index is 263. The number of hydrogen-bond acceptors (Lipinski definition) is 1. The van der Waals surface area contributed by atoms with Crippen molar-refractivity contribution in [3.05, 3.63) is 35.9 Å². The fraction of sp³-hybridized carbons (Fsp3) is 0.462. The lowest BCUT2D eigenvalue weighted by molar-refractivity contribution is -0.134. The predicted molar refractivity (Wildman–Crippen MR) is 63.1 cm³/mol. The summed E-state index contributed by atoms with van der Waals surface area (Å²) in [6.45, 7) is 5.61. The van der Waals surface area contributed by atoms with E-state index in [0.717, 1.165) is 12.8 Å². The Kier molecular flexibility index (Phi) is 7.33. The Hall–Kier alpha value is -1.31. The molecule has 0 saturated heterocycles. The minimum absolute atomic E-state index is 0.723. The minimum atomic E-state index is -0.833. The van der Waals surface area contributed by atoms with E-state index in [-0.39, 0.29) is 0 Å². The molecule has 2 nitrogen and oxygen atoms in total. The fourth-order valence-electron chi connectivity index (χ4n) is 1.38. The topological polar surface area (TPSA) is 37.3 Å². The SMILES string of the molecule is CC(=O)O.CCCC(C)c1ccccc1. The van der Waals surface area contributed by atoms with Crippen LogP contribution in [-0.4, -0.2) is 11.1 Å². The van der Waals surface area contributed by atoms with Gasteiger partial charge in [-0.2, -0.15) is 0 Å². The Balaban J connectivity index is 0.000000423. The third kappa shape index (κ3) is 7.74. The molecule has 15 heavy (non-hydrogen) atoms. The first kappa shape index (κ1) is 13.7. The van der Waals surface area contributed by atoms with Gasteiger partial charge in [0.15, 0.2) is 0 Å². The highest BCUT2D eigenvalue weighted by molar-refractivity contribution is 5.62. The van der Waals surface area contributed by atoms with Crippen molar-refractivity contribution in [1.29, 1.82) is 0 Å². The molecule has 0 spiro atoms. The highest BCUT2D eigenvalue weighted by Crippen LogP contribution is 2.19. The number of hydrogen-bond donors (Lipinski definition) is 1. The van der Waals surface area contributed by atoms with Crippen LogP contribution in [0.4, 0.5) is 0 Å². The smallest absolute Gasteiger partial charge is 0.300 e. The van der Waals surface area contributed by atoms with Crippen LogP contribution in [0.3, 0.4) is 0 Å². The lowest BCUT2D eigenvalue weighted by Gasteiger charge is -2.08. The van der Waals surface area contributed by atoms with Crippen molar-refractivity contribution in [2.45, 2.75) is 39.5 Å². The molecule has 0 aliphatic carbocycles. The molecule has 1 aromatic carbocycles. The first-order valence-electron chi connectivity index (χ1n) is 5.32. The number of benzene rings is 1. The quantitative estimate of drug-likeness (QED) is 0.822. The molecule has 0 saturated carbocycles. The molecule has 2 heteroatoms. The molecule has 1 N–H and O–H groups in total. The van der Waals surface area contributed by atoms with Crippen molar-refractivity contribution < 1.29 is 9.90 Å². The molecular weight excluding hydrogens is 188 g/mol. The maximum Gasteiger partial charge on any atom is 0.300 e. The molecule has 0 aliphatic heterocycles. The van der Waals surface area contributed by atoms with Crippen LogP contribution < -0.4 is 0 Å². The second kappa shape index (κ2) is 8.04. The largest absolute Gasteiger partial charge is 0.481 e. The summed E-state index contributed by atoms with van der Waals surface area (Å²) >= 11 is 0. The zero-order valence-corrected chi connectivity index (χ0v) is 9.73. The second-order valence-electron chi connectivity index (χ2n) is 3.62. The summed E-state index contributed by atoms with van der Waals surface area (Å²) in [6.07, 6.45) is 2.57. The van der Waals surface area contributed by atoms with Gasteiger partial charge in [0.1, 0.15) is 0 Å². The lowest BCUT2D eigenvalue weighted by atomic mass is 9.97. The minimum Gasteiger partial charge on any atom is -0.481 e. The predicted octanol–water partition coefficient (Wildman–Crippen LogP) is 3.68. The van der Waals surface area contributed by atoms with E-state index in [4.69, 9.17) is 9.90 Å². The highest BCUT2D eigenvalue weighted by atomic mass is 16.4. The summed E-state index contributed by atoms with van der Waals surface area (Å²) in [5.74, 6) is -0.110. The van der Waals surface area contributed by atoms with Gasteiger partial charge in [-0.25, -0.2) is 0 Å². The zero-order chi connectivity index (χ0) is 11.7. The Morgan fingerprint density at radius 3 is 2.20 bits per heavy atom. The molecule has 1 aromatic rings. The standard InChI is InChI=1S/C11H16.C2H4O2/c1-3-7-10(2)11-8-5-4-6-9-11;1-2(3)4/h4-6,8-10H,3,7H2,1-2H3;1H3,(H,3,4). The van der Waals surface area contributed by atoms with Gasteiger partial charge in [-0.15, -0.1) is 0 Å². The van der Waals surface area contributed by atoms with Gasteiger partial charge in [0.05, 0.1) is 0 Å². The van der Waals surface area contributed by atoms with Crippen molar-refractivity contribution in [2.24, 2.45) is 0 Å². The van der Waals surface area contributed by atoms with Gasteiger partial charge >= 0.3 is 0 Å². The molecule has 84 valence electrons.